The Kier molecular flexibility index (Phi) is 3.05. The third kappa shape index (κ3) is 2.18. The SMILES string of the molecule is C#Cc1c(N)c(C)cc(C(=O)O)c1C(F)(F)F. The number of hydrogen-bond donors (Lipinski definition) is 2. The smallest absolute Gasteiger partial charge is 0.418 e. The molecule has 3 nitrogen and oxygen atoms in total. The Morgan fingerprint density at radius 1 is 1.53 bits per heavy atom. The first-order chi connectivity index (χ1) is 7.70. The van der Waals surface area contributed by atoms with Crippen LogP contribution in [-0.4, -0.2) is 11.1 Å². The molecule has 0 amide bonds. The summed E-state index contributed by atoms with van der Waals surface area (Å²) in [6.45, 7) is 1.39. The maximum atomic E-state index is 12.8. The highest BCUT2D eigenvalue weighted by atomic mass is 19.4. The third-order valence-corrected chi connectivity index (χ3v) is 2.23. The summed E-state index contributed by atoms with van der Waals surface area (Å²) in [7, 11) is 0. The average molecular weight is 243 g/mol. The highest BCUT2D eigenvalue weighted by molar-refractivity contribution is 5.92. The molecule has 0 aliphatic heterocycles. The maximum absolute atomic E-state index is 12.8. The average Bonchev–Trinajstić information content (AvgIpc) is 2.19. The predicted octanol–water partition coefficient (Wildman–Crippen LogP) is 2.28. The van der Waals surface area contributed by atoms with Crippen molar-refractivity contribution < 1.29 is 23.1 Å². The summed E-state index contributed by atoms with van der Waals surface area (Å²) >= 11 is 0. The number of anilines is 1. The summed E-state index contributed by atoms with van der Waals surface area (Å²) in [5.74, 6) is 0.101. The molecule has 0 saturated carbocycles. The lowest BCUT2D eigenvalue weighted by molar-refractivity contribution is -0.138. The second-order valence-corrected chi connectivity index (χ2v) is 3.35. The van der Waals surface area contributed by atoms with Crippen molar-refractivity contribution in [1.29, 1.82) is 0 Å². The van der Waals surface area contributed by atoms with Gasteiger partial charge in [-0.3, -0.25) is 0 Å². The van der Waals surface area contributed by atoms with Gasteiger partial charge in [-0.25, -0.2) is 4.79 Å². The number of halogens is 3. The number of aromatic carboxylic acids is 1. The standard InChI is InChI=1S/C11H8F3NO2/c1-3-6-8(11(12,13)14)7(10(16)17)4-5(2)9(6)15/h1,4H,15H2,2H3,(H,16,17). The summed E-state index contributed by atoms with van der Waals surface area (Å²) in [4.78, 5) is 10.8. The van der Waals surface area contributed by atoms with Gasteiger partial charge in [0.2, 0.25) is 0 Å². The molecule has 0 fully saturated rings. The number of carboxylic acids is 1. The van der Waals surface area contributed by atoms with Crippen LogP contribution in [0.25, 0.3) is 0 Å². The molecule has 6 heteroatoms. The molecule has 90 valence electrons. The van der Waals surface area contributed by atoms with Crippen LogP contribution in [0.1, 0.15) is 27.0 Å². The minimum absolute atomic E-state index is 0.198. The van der Waals surface area contributed by atoms with Gasteiger partial charge in [-0.15, -0.1) is 6.42 Å². The fourth-order valence-corrected chi connectivity index (χ4v) is 1.45. The number of terminal acetylenes is 1. The van der Waals surface area contributed by atoms with Crippen LogP contribution in [0.3, 0.4) is 0 Å². The van der Waals surface area contributed by atoms with Gasteiger partial charge in [-0.05, 0) is 18.6 Å². The van der Waals surface area contributed by atoms with Gasteiger partial charge in [-0.1, -0.05) is 5.92 Å². The lowest BCUT2D eigenvalue weighted by Gasteiger charge is -2.16. The molecule has 0 aromatic heterocycles. The lowest BCUT2D eigenvalue weighted by atomic mass is 9.95. The molecule has 1 aromatic rings. The van der Waals surface area contributed by atoms with Crippen molar-refractivity contribution >= 4 is 11.7 Å². The van der Waals surface area contributed by atoms with E-state index in [1.807, 2.05) is 0 Å². The van der Waals surface area contributed by atoms with Crippen molar-refractivity contribution in [2.24, 2.45) is 0 Å². The molecule has 0 bridgehead atoms. The van der Waals surface area contributed by atoms with Gasteiger partial charge in [0.05, 0.1) is 22.4 Å². The van der Waals surface area contributed by atoms with Crippen LogP contribution in [0.15, 0.2) is 6.07 Å². The molecule has 0 atom stereocenters. The largest absolute Gasteiger partial charge is 0.478 e. The molecule has 0 unspecified atom stereocenters. The number of hydrogen-bond acceptors (Lipinski definition) is 2. The number of nitrogen functional groups attached to an aromatic ring is 1. The van der Waals surface area contributed by atoms with Crippen molar-refractivity contribution in [3.63, 3.8) is 0 Å². The monoisotopic (exact) mass is 243 g/mol. The van der Waals surface area contributed by atoms with E-state index in [0.29, 0.717) is 0 Å². The van der Waals surface area contributed by atoms with Crippen LogP contribution in [0.2, 0.25) is 0 Å². The van der Waals surface area contributed by atoms with Crippen molar-refractivity contribution in [3.05, 3.63) is 28.3 Å². The molecule has 3 N–H and O–H groups in total. The van der Waals surface area contributed by atoms with Crippen LogP contribution in [0.5, 0.6) is 0 Å². The zero-order chi connectivity index (χ0) is 13.4. The molecule has 0 spiro atoms. The van der Waals surface area contributed by atoms with Crippen LogP contribution in [0.4, 0.5) is 18.9 Å². The topological polar surface area (TPSA) is 63.3 Å². The third-order valence-electron chi connectivity index (χ3n) is 2.23. The summed E-state index contributed by atoms with van der Waals surface area (Å²) in [5, 5.41) is 8.75. The van der Waals surface area contributed by atoms with Gasteiger partial charge < -0.3 is 10.8 Å². The highest BCUT2D eigenvalue weighted by Gasteiger charge is 2.39. The first-order valence-corrected chi connectivity index (χ1v) is 4.40. The van der Waals surface area contributed by atoms with Gasteiger partial charge in [0, 0.05) is 0 Å². The Morgan fingerprint density at radius 2 is 2.06 bits per heavy atom. The molecular formula is C11H8F3NO2. The summed E-state index contributed by atoms with van der Waals surface area (Å²) in [6.07, 6.45) is 0.0993. The predicted molar refractivity (Wildman–Crippen MR) is 55.5 cm³/mol. The fraction of sp³-hybridized carbons (Fsp3) is 0.182. The number of rotatable bonds is 1. The Labute approximate surface area is 95.0 Å². The Balaban J connectivity index is 3.82. The Bertz CT molecular complexity index is 527. The minimum Gasteiger partial charge on any atom is -0.478 e. The molecule has 0 saturated heterocycles. The second-order valence-electron chi connectivity index (χ2n) is 3.35. The van der Waals surface area contributed by atoms with Gasteiger partial charge in [0.25, 0.3) is 0 Å². The van der Waals surface area contributed by atoms with Crippen molar-refractivity contribution in [2.75, 3.05) is 5.73 Å². The van der Waals surface area contributed by atoms with E-state index in [4.69, 9.17) is 17.3 Å². The molecule has 1 rings (SSSR count). The van der Waals surface area contributed by atoms with E-state index in [-0.39, 0.29) is 11.3 Å². The molecule has 0 aliphatic carbocycles. The quantitative estimate of drug-likeness (QED) is 0.587. The van der Waals surface area contributed by atoms with Gasteiger partial charge >= 0.3 is 12.1 Å². The van der Waals surface area contributed by atoms with Crippen molar-refractivity contribution in [1.82, 2.24) is 0 Å². The number of benzene rings is 1. The van der Waals surface area contributed by atoms with Crippen LogP contribution >= 0.6 is 0 Å². The molecule has 0 heterocycles. The van der Waals surface area contributed by atoms with E-state index in [1.165, 1.54) is 6.92 Å². The normalized spacial score (nSPS) is 11.0. The van der Waals surface area contributed by atoms with Gasteiger partial charge in [0.1, 0.15) is 0 Å². The van der Waals surface area contributed by atoms with Crippen LogP contribution in [-0.2, 0) is 6.18 Å². The summed E-state index contributed by atoms with van der Waals surface area (Å²) < 4.78 is 38.3. The van der Waals surface area contributed by atoms with Crippen LogP contribution in [0, 0.1) is 19.3 Å². The van der Waals surface area contributed by atoms with Crippen molar-refractivity contribution in [3.8, 4) is 12.3 Å². The van der Waals surface area contributed by atoms with E-state index in [2.05, 4.69) is 0 Å². The maximum Gasteiger partial charge on any atom is 0.418 e. The zero-order valence-electron chi connectivity index (χ0n) is 8.72. The Morgan fingerprint density at radius 3 is 2.41 bits per heavy atom. The molecule has 0 radical (unpaired) electrons. The van der Waals surface area contributed by atoms with Gasteiger partial charge in [-0.2, -0.15) is 13.2 Å². The van der Waals surface area contributed by atoms with Crippen LogP contribution < -0.4 is 5.73 Å². The van der Waals surface area contributed by atoms with E-state index < -0.39 is 28.8 Å². The highest BCUT2D eigenvalue weighted by Crippen LogP contribution is 2.38. The summed E-state index contributed by atoms with van der Waals surface area (Å²) in [6, 6.07) is 0.862. The fourth-order valence-electron chi connectivity index (χ4n) is 1.45. The first-order valence-electron chi connectivity index (χ1n) is 4.40. The molecule has 17 heavy (non-hydrogen) atoms. The second kappa shape index (κ2) is 4.01. The Hall–Kier alpha value is -2.16. The number of carboxylic acid groups (broad SMARTS) is 1. The van der Waals surface area contributed by atoms with Crippen molar-refractivity contribution in [2.45, 2.75) is 13.1 Å². The molecular weight excluding hydrogens is 235 g/mol. The number of alkyl halides is 3. The minimum atomic E-state index is -4.86. The summed E-state index contributed by atoms with van der Waals surface area (Å²) in [5.41, 5.74) is 2.49. The number of nitrogens with two attached hydrogens (primary N) is 1. The van der Waals surface area contributed by atoms with Gasteiger partial charge in [0.15, 0.2) is 0 Å². The van der Waals surface area contributed by atoms with E-state index in [0.717, 1.165) is 6.07 Å². The van der Waals surface area contributed by atoms with E-state index in [1.54, 1.807) is 5.92 Å². The zero-order valence-corrected chi connectivity index (χ0v) is 8.72. The number of carbonyl (C=O) groups is 1. The first kappa shape index (κ1) is 12.9. The van der Waals surface area contributed by atoms with E-state index in [9.17, 15) is 18.0 Å². The lowest BCUT2D eigenvalue weighted by Crippen LogP contribution is -2.17. The number of aryl methyl sites for hydroxylation is 1. The molecule has 1 aromatic carbocycles. The molecule has 0 aliphatic rings. The van der Waals surface area contributed by atoms with E-state index >= 15 is 0 Å².